The van der Waals surface area contributed by atoms with Crippen molar-refractivity contribution in [2.45, 2.75) is 57.9 Å². The van der Waals surface area contributed by atoms with E-state index >= 15 is 0 Å². The summed E-state index contributed by atoms with van der Waals surface area (Å²) in [5.74, 6) is 0. The molecule has 0 atom stereocenters. The molecule has 3 rings (SSSR count). The van der Waals surface area contributed by atoms with Crippen LogP contribution >= 0.6 is 0 Å². The van der Waals surface area contributed by atoms with Gasteiger partial charge in [0.25, 0.3) is 0 Å². The quantitative estimate of drug-likeness (QED) is 0.837. The molecule has 3 heteroatoms. The first kappa shape index (κ1) is 14.2. The summed E-state index contributed by atoms with van der Waals surface area (Å²) >= 11 is 0. The van der Waals surface area contributed by atoms with Gasteiger partial charge in [-0.05, 0) is 24.8 Å². The summed E-state index contributed by atoms with van der Waals surface area (Å²) in [7, 11) is 0. The summed E-state index contributed by atoms with van der Waals surface area (Å²) in [4.78, 5) is 0. The maximum Gasteiger partial charge on any atom is 0.115 e. The first-order chi connectivity index (χ1) is 10.3. The molecular weight excluding hydrogens is 258 g/mol. The molecule has 0 unspecified atom stereocenters. The fraction of sp³-hybridized carbons (Fsp3) is 0.500. The normalized spacial score (nSPS) is 16.8. The summed E-state index contributed by atoms with van der Waals surface area (Å²) < 4.78 is 2.11. The van der Waals surface area contributed by atoms with Crippen LogP contribution in [-0.2, 0) is 6.42 Å². The number of aryl methyl sites for hydroxylation is 1. The average Bonchev–Trinajstić information content (AvgIpc) is 2.74. The first-order valence-corrected chi connectivity index (χ1v) is 8.22. The SMILES string of the molecule is CCc1ccc(-c2nn(C3CCCCCC3)cc2N)cc1. The zero-order valence-electron chi connectivity index (χ0n) is 12.9. The molecule has 0 spiro atoms. The molecule has 1 aromatic carbocycles. The highest BCUT2D eigenvalue weighted by Crippen LogP contribution is 2.31. The third kappa shape index (κ3) is 3.12. The van der Waals surface area contributed by atoms with Gasteiger partial charge in [0.05, 0.1) is 11.7 Å². The van der Waals surface area contributed by atoms with Crippen molar-refractivity contribution in [1.29, 1.82) is 0 Å². The lowest BCUT2D eigenvalue weighted by molar-refractivity contribution is 0.406. The van der Waals surface area contributed by atoms with E-state index < -0.39 is 0 Å². The molecule has 3 nitrogen and oxygen atoms in total. The third-order valence-corrected chi connectivity index (χ3v) is 4.59. The van der Waals surface area contributed by atoms with Crippen molar-refractivity contribution in [1.82, 2.24) is 9.78 Å². The van der Waals surface area contributed by atoms with Gasteiger partial charge in [0.15, 0.2) is 0 Å². The molecule has 0 amide bonds. The zero-order chi connectivity index (χ0) is 14.7. The second-order valence-corrected chi connectivity index (χ2v) is 6.11. The topological polar surface area (TPSA) is 43.8 Å². The molecule has 0 aliphatic heterocycles. The number of hydrogen-bond donors (Lipinski definition) is 1. The molecule has 2 aromatic rings. The van der Waals surface area contributed by atoms with Crippen LogP contribution in [-0.4, -0.2) is 9.78 Å². The Morgan fingerprint density at radius 3 is 2.38 bits per heavy atom. The molecule has 1 aromatic heterocycles. The number of nitrogens with zero attached hydrogens (tertiary/aromatic N) is 2. The Labute approximate surface area is 127 Å². The van der Waals surface area contributed by atoms with Gasteiger partial charge in [-0.3, -0.25) is 4.68 Å². The molecule has 1 fully saturated rings. The van der Waals surface area contributed by atoms with E-state index in [4.69, 9.17) is 10.8 Å². The predicted octanol–water partition coefficient (Wildman–Crippen LogP) is 4.59. The summed E-state index contributed by atoms with van der Waals surface area (Å²) in [6, 6.07) is 9.13. The van der Waals surface area contributed by atoms with Crippen LogP contribution < -0.4 is 5.73 Å². The van der Waals surface area contributed by atoms with Crippen molar-refractivity contribution in [2.75, 3.05) is 5.73 Å². The number of aromatic nitrogens is 2. The minimum Gasteiger partial charge on any atom is -0.396 e. The van der Waals surface area contributed by atoms with E-state index in [2.05, 4.69) is 35.9 Å². The summed E-state index contributed by atoms with van der Waals surface area (Å²) in [6.07, 6.45) is 10.9. The lowest BCUT2D eigenvalue weighted by Crippen LogP contribution is -2.08. The van der Waals surface area contributed by atoms with Crippen LogP contribution in [0.4, 0.5) is 5.69 Å². The number of benzene rings is 1. The molecule has 1 aliphatic rings. The summed E-state index contributed by atoms with van der Waals surface area (Å²) in [5.41, 5.74) is 10.4. The van der Waals surface area contributed by atoms with Crippen molar-refractivity contribution >= 4 is 5.69 Å². The van der Waals surface area contributed by atoms with Gasteiger partial charge in [-0.1, -0.05) is 56.9 Å². The molecule has 1 aliphatic carbocycles. The lowest BCUT2D eigenvalue weighted by Gasteiger charge is -2.14. The summed E-state index contributed by atoms with van der Waals surface area (Å²) in [6.45, 7) is 2.17. The smallest absolute Gasteiger partial charge is 0.115 e. The van der Waals surface area contributed by atoms with Gasteiger partial charge in [0, 0.05) is 11.8 Å². The summed E-state index contributed by atoms with van der Waals surface area (Å²) in [5, 5.41) is 4.79. The van der Waals surface area contributed by atoms with Crippen LogP contribution in [0.15, 0.2) is 30.5 Å². The van der Waals surface area contributed by atoms with Gasteiger partial charge >= 0.3 is 0 Å². The fourth-order valence-corrected chi connectivity index (χ4v) is 3.24. The number of nitrogens with two attached hydrogens (primary N) is 1. The minimum absolute atomic E-state index is 0.526. The molecule has 1 heterocycles. The highest BCUT2D eigenvalue weighted by molar-refractivity contribution is 5.72. The maximum absolute atomic E-state index is 6.21. The van der Waals surface area contributed by atoms with Gasteiger partial charge in [-0.25, -0.2) is 0 Å². The highest BCUT2D eigenvalue weighted by Gasteiger charge is 2.17. The van der Waals surface area contributed by atoms with E-state index in [0.717, 1.165) is 23.4 Å². The Kier molecular flexibility index (Phi) is 4.28. The van der Waals surface area contributed by atoms with Crippen molar-refractivity contribution in [3.8, 4) is 11.3 Å². The lowest BCUT2D eigenvalue weighted by atomic mass is 10.1. The predicted molar refractivity (Wildman–Crippen MR) is 88.2 cm³/mol. The van der Waals surface area contributed by atoms with Crippen molar-refractivity contribution in [2.24, 2.45) is 0 Å². The minimum atomic E-state index is 0.526. The van der Waals surface area contributed by atoms with Crippen LogP contribution in [0.5, 0.6) is 0 Å². The van der Waals surface area contributed by atoms with Gasteiger partial charge in [0.2, 0.25) is 0 Å². The van der Waals surface area contributed by atoms with E-state index in [9.17, 15) is 0 Å². The number of rotatable bonds is 3. The van der Waals surface area contributed by atoms with Crippen molar-refractivity contribution in [3.63, 3.8) is 0 Å². The molecule has 112 valence electrons. The Balaban J connectivity index is 1.85. The van der Waals surface area contributed by atoms with Gasteiger partial charge in [0.1, 0.15) is 5.69 Å². The second-order valence-electron chi connectivity index (χ2n) is 6.11. The molecule has 0 radical (unpaired) electrons. The number of anilines is 1. The van der Waals surface area contributed by atoms with Crippen molar-refractivity contribution < 1.29 is 0 Å². The molecule has 0 saturated heterocycles. The fourth-order valence-electron chi connectivity index (χ4n) is 3.24. The van der Waals surface area contributed by atoms with Crippen LogP contribution in [0.2, 0.25) is 0 Å². The Bertz CT molecular complexity index is 575. The van der Waals surface area contributed by atoms with Gasteiger partial charge in [-0.2, -0.15) is 5.10 Å². The van der Waals surface area contributed by atoms with E-state index in [0.29, 0.717) is 6.04 Å². The monoisotopic (exact) mass is 283 g/mol. The standard InChI is InChI=1S/C18H25N3/c1-2-14-9-11-15(12-10-14)18-17(19)13-21(20-18)16-7-5-3-4-6-8-16/h9-13,16H,2-8,19H2,1H3. The second kappa shape index (κ2) is 6.33. The van der Waals surface area contributed by atoms with E-state index in [-0.39, 0.29) is 0 Å². The largest absolute Gasteiger partial charge is 0.396 e. The third-order valence-electron chi connectivity index (χ3n) is 4.59. The molecular formula is C18H25N3. The Hall–Kier alpha value is -1.77. The zero-order valence-corrected chi connectivity index (χ0v) is 12.9. The molecule has 0 bridgehead atoms. The van der Waals surface area contributed by atoms with E-state index in [1.165, 1.54) is 44.1 Å². The number of hydrogen-bond acceptors (Lipinski definition) is 2. The van der Waals surface area contributed by atoms with Gasteiger partial charge in [-0.15, -0.1) is 0 Å². The Morgan fingerprint density at radius 1 is 1.10 bits per heavy atom. The maximum atomic E-state index is 6.21. The van der Waals surface area contributed by atoms with Gasteiger partial charge < -0.3 is 5.73 Å². The van der Waals surface area contributed by atoms with Crippen molar-refractivity contribution in [3.05, 3.63) is 36.0 Å². The van der Waals surface area contributed by atoms with Crippen LogP contribution in [0.1, 0.15) is 57.1 Å². The molecule has 2 N–H and O–H groups in total. The highest BCUT2D eigenvalue weighted by atomic mass is 15.3. The molecule has 1 saturated carbocycles. The first-order valence-electron chi connectivity index (χ1n) is 8.22. The number of nitrogen functional groups attached to an aromatic ring is 1. The Morgan fingerprint density at radius 2 is 1.76 bits per heavy atom. The molecule has 21 heavy (non-hydrogen) atoms. The van der Waals surface area contributed by atoms with Crippen LogP contribution in [0.25, 0.3) is 11.3 Å². The van der Waals surface area contributed by atoms with E-state index in [1.54, 1.807) is 0 Å². The average molecular weight is 283 g/mol. The van der Waals surface area contributed by atoms with E-state index in [1.807, 2.05) is 6.20 Å². The van der Waals surface area contributed by atoms with Crippen LogP contribution in [0.3, 0.4) is 0 Å². The van der Waals surface area contributed by atoms with Crippen LogP contribution in [0, 0.1) is 0 Å².